The van der Waals surface area contributed by atoms with Gasteiger partial charge in [0.2, 0.25) is 0 Å². The van der Waals surface area contributed by atoms with Gasteiger partial charge in [-0.15, -0.1) is 0 Å². The predicted octanol–water partition coefficient (Wildman–Crippen LogP) is 2.88. The molecule has 0 heterocycles. The third-order valence-corrected chi connectivity index (χ3v) is 2.44. The second kappa shape index (κ2) is 7.74. The maximum atomic E-state index is 12.2. The summed E-state index contributed by atoms with van der Waals surface area (Å²) in [5, 5.41) is 13.0. The molecule has 6 nitrogen and oxygen atoms in total. The number of hydrogen-bond acceptors (Lipinski definition) is 3. The van der Waals surface area contributed by atoms with E-state index >= 15 is 0 Å². The fourth-order valence-electron chi connectivity index (χ4n) is 1.33. The number of carboxylic acid groups (broad SMARTS) is 1. The topological polar surface area (TPSA) is 87.7 Å². The van der Waals surface area contributed by atoms with Gasteiger partial charge in [-0.1, -0.05) is 11.6 Å². The van der Waals surface area contributed by atoms with Crippen LogP contribution in [0.25, 0.3) is 0 Å². The summed E-state index contributed by atoms with van der Waals surface area (Å²) in [6.45, 7) is -1.67. The number of urea groups is 1. The van der Waals surface area contributed by atoms with Crippen LogP contribution in [0, 0.1) is 0 Å². The number of carbonyl (C=O) groups is 2. The number of rotatable bonds is 6. The Morgan fingerprint density at radius 2 is 2.00 bits per heavy atom. The predicted molar refractivity (Wildman–Crippen MR) is 72.3 cm³/mol. The number of anilines is 1. The van der Waals surface area contributed by atoms with Crippen LogP contribution in [0.4, 0.5) is 23.7 Å². The highest BCUT2D eigenvalue weighted by Crippen LogP contribution is 2.29. The van der Waals surface area contributed by atoms with Crippen LogP contribution in [-0.2, 0) is 4.79 Å². The minimum atomic E-state index is -4.54. The Hall–Kier alpha value is -2.16. The molecule has 1 aromatic rings. The third-order valence-electron chi connectivity index (χ3n) is 2.21. The van der Waals surface area contributed by atoms with Crippen LogP contribution in [-0.4, -0.2) is 36.4 Å². The van der Waals surface area contributed by atoms with Gasteiger partial charge in [-0.25, -0.2) is 4.79 Å². The number of nitrogens with one attached hydrogen (secondary N) is 2. The van der Waals surface area contributed by atoms with E-state index in [0.29, 0.717) is 0 Å². The molecule has 0 saturated heterocycles. The molecule has 0 aromatic heterocycles. The van der Waals surface area contributed by atoms with E-state index in [2.05, 4.69) is 15.4 Å². The van der Waals surface area contributed by atoms with E-state index in [1.54, 1.807) is 0 Å². The van der Waals surface area contributed by atoms with E-state index in [-0.39, 0.29) is 29.4 Å². The SMILES string of the molecule is O=C(O)CCNC(=O)Nc1ccc(Cl)cc1OCC(F)(F)F. The number of carboxylic acids is 1. The number of benzene rings is 1. The molecule has 0 aliphatic carbocycles. The Kier molecular flexibility index (Phi) is 6.29. The fourth-order valence-corrected chi connectivity index (χ4v) is 1.49. The largest absolute Gasteiger partial charge is 0.482 e. The van der Waals surface area contributed by atoms with Crippen LogP contribution in [0.5, 0.6) is 5.75 Å². The van der Waals surface area contributed by atoms with Gasteiger partial charge in [0.25, 0.3) is 0 Å². The zero-order valence-corrected chi connectivity index (χ0v) is 11.8. The monoisotopic (exact) mass is 340 g/mol. The molecule has 22 heavy (non-hydrogen) atoms. The molecule has 3 N–H and O–H groups in total. The highest BCUT2D eigenvalue weighted by Gasteiger charge is 2.29. The molecule has 2 amide bonds. The van der Waals surface area contributed by atoms with Gasteiger partial charge in [-0.05, 0) is 12.1 Å². The fraction of sp³-hybridized carbons (Fsp3) is 0.333. The van der Waals surface area contributed by atoms with Crippen molar-refractivity contribution in [2.45, 2.75) is 12.6 Å². The van der Waals surface area contributed by atoms with Crippen molar-refractivity contribution in [3.8, 4) is 5.75 Å². The van der Waals surface area contributed by atoms with Crippen molar-refractivity contribution < 1.29 is 32.6 Å². The molecule has 0 bridgehead atoms. The summed E-state index contributed by atoms with van der Waals surface area (Å²) in [5.41, 5.74) is -0.0264. The van der Waals surface area contributed by atoms with Gasteiger partial charge >= 0.3 is 18.2 Å². The van der Waals surface area contributed by atoms with Crippen molar-refractivity contribution in [2.24, 2.45) is 0 Å². The Labute approximate surface area is 128 Å². The lowest BCUT2D eigenvalue weighted by Crippen LogP contribution is -2.30. The van der Waals surface area contributed by atoms with Crippen LogP contribution >= 0.6 is 11.6 Å². The summed E-state index contributed by atoms with van der Waals surface area (Å²) >= 11 is 5.67. The summed E-state index contributed by atoms with van der Waals surface area (Å²) in [7, 11) is 0. The smallest absolute Gasteiger partial charge is 0.422 e. The molecule has 0 atom stereocenters. The second-order valence-corrected chi connectivity index (χ2v) is 4.51. The lowest BCUT2D eigenvalue weighted by molar-refractivity contribution is -0.153. The summed E-state index contributed by atoms with van der Waals surface area (Å²) in [6, 6.07) is 2.97. The molecule has 0 saturated carbocycles. The minimum absolute atomic E-state index is 0.0264. The van der Waals surface area contributed by atoms with Crippen molar-refractivity contribution in [3.05, 3.63) is 23.2 Å². The molecule has 122 valence electrons. The number of carbonyl (C=O) groups excluding carboxylic acids is 1. The normalized spacial score (nSPS) is 10.9. The van der Waals surface area contributed by atoms with E-state index in [1.807, 2.05) is 0 Å². The van der Waals surface area contributed by atoms with Crippen molar-refractivity contribution in [3.63, 3.8) is 0 Å². The minimum Gasteiger partial charge on any atom is -0.482 e. The number of aliphatic carboxylic acids is 1. The van der Waals surface area contributed by atoms with E-state index in [9.17, 15) is 22.8 Å². The average Bonchev–Trinajstić information content (AvgIpc) is 2.37. The zero-order valence-electron chi connectivity index (χ0n) is 11.0. The molecular weight excluding hydrogens is 329 g/mol. The van der Waals surface area contributed by atoms with Gasteiger partial charge in [0.1, 0.15) is 5.75 Å². The molecule has 0 spiro atoms. The number of halogens is 4. The van der Waals surface area contributed by atoms with Crippen LogP contribution < -0.4 is 15.4 Å². The van der Waals surface area contributed by atoms with E-state index in [0.717, 1.165) is 6.07 Å². The van der Waals surface area contributed by atoms with Gasteiger partial charge in [0.15, 0.2) is 6.61 Å². The van der Waals surface area contributed by atoms with Gasteiger partial charge in [0.05, 0.1) is 12.1 Å². The first-order valence-electron chi connectivity index (χ1n) is 5.93. The molecule has 10 heteroatoms. The summed E-state index contributed by atoms with van der Waals surface area (Å²) in [6.07, 6.45) is -4.82. The molecule has 0 unspecified atom stereocenters. The van der Waals surface area contributed by atoms with Crippen LogP contribution in [0.3, 0.4) is 0 Å². The molecule has 0 aliphatic rings. The Bertz CT molecular complexity index is 552. The first kappa shape index (κ1) is 17.9. The highest BCUT2D eigenvalue weighted by molar-refractivity contribution is 6.30. The summed E-state index contributed by atoms with van der Waals surface area (Å²) < 4.78 is 41.1. The van der Waals surface area contributed by atoms with E-state index in [4.69, 9.17) is 16.7 Å². The maximum absolute atomic E-state index is 12.2. The van der Waals surface area contributed by atoms with Crippen molar-refractivity contribution >= 4 is 29.3 Å². The van der Waals surface area contributed by atoms with Crippen molar-refractivity contribution in [1.29, 1.82) is 0 Å². The third kappa shape index (κ3) is 7.02. The van der Waals surface area contributed by atoms with Gasteiger partial charge in [-0.2, -0.15) is 13.2 Å². The second-order valence-electron chi connectivity index (χ2n) is 4.07. The molecule has 1 aromatic carbocycles. The van der Waals surface area contributed by atoms with Crippen LogP contribution in [0.2, 0.25) is 5.02 Å². The van der Waals surface area contributed by atoms with Gasteiger partial charge < -0.3 is 20.5 Å². The zero-order chi connectivity index (χ0) is 16.8. The Balaban J connectivity index is 2.68. The number of alkyl halides is 3. The first-order chi connectivity index (χ1) is 10.2. The molecule has 0 fully saturated rings. The summed E-state index contributed by atoms with van der Waals surface area (Å²) in [5.74, 6) is -1.35. The number of hydrogen-bond donors (Lipinski definition) is 3. The highest BCUT2D eigenvalue weighted by atomic mass is 35.5. The number of ether oxygens (including phenoxy) is 1. The van der Waals surface area contributed by atoms with Crippen LogP contribution in [0.15, 0.2) is 18.2 Å². The lowest BCUT2D eigenvalue weighted by atomic mass is 10.3. The quantitative estimate of drug-likeness (QED) is 0.743. The van der Waals surface area contributed by atoms with Gasteiger partial charge in [0, 0.05) is 17.6 Å². The van der Waals surface area contributed by atoms with Crippen LogP contribution in [0.1, 0.15) is 6.42 Å². The maximum Gasteiger partial charge on any atom is 0.422 e. The van der Waals surface area contributed by atoms with E-state index in [1.165, 1.54) is 12.1 Å². The Morgan fingerprint density at radius 1 is 1.32 bits per heavy atom. The number of amides is 2. The molecule has 0 radical (unpaired) electrons. The molecule has 1 rings (SSSR count). The lowest BCUT2D eigenvalue weighted by Gasteiger charge is -2.14. The summed E-state index contributed by atoms with van der Waals surface area (Å²) in [4.78, 5) is 21.8. The van der Waals surface area contributed by atoms with Crippen molar-refractivity contribution in [1.82, 2.24) is 5.32 Å². The first-order valence-corrected chi connectivity index (χ1v) is 6.31. The van der Waals surface area contributed by atoms with Gasteiger partial charge in [-0.3, -0.25) is 4.79 Å². The molecule has 0 aliphatic heterocycles. The molecular formula is C12H12ClF3N2O4. The average molecular weight is 341 g/mol. The van der Waals surface area contributed by atoms with Crippen molar-refractivity contribution in [2.75, 3.05) is 18.5 Å². The van der Waals surface area contributed by atoms with E-state index < -0.39 is 24.8 Å². The standard InChI is InChI=1S/C12H12ClF3N2O4/c13-7-1-2-8(9(5-7)22-6-12(14,15)16)18-11(21)17-4-3-10(19)20/h1-2,5H,3-4,6H2,(H,19,20)(H2,17,18,21). The Morgan fingerprint density at radius 3 is 2.59 bits per heavy atom.